The van der Waals surface area contributed by atoms with Crippen LogP contribution in [0.5, 0.6) is 0 Å². The summed E-state index contributed by atoms with van der Waals surface area (Å²) in [6, 6.07) is 0. The predicted octanol–water partition coefficient (Wildman–Crippen LogP) is 21.8. The molecule has 0 aliphatic rings. The zero-order chi connectivity index (χ0) is 52.2. The van der Waals surface area contributed by atoms with E-state index in [1.807, 2.05) is 0 Å². The number of unbranched alkanes of at least 4 members (excludes halogenated alkanes) is 45. The van der Waals surface area contributed by atoms with Crippen molar-refractivity contribution in [3.05, 3.63) is 24.3 Å². The van der Waals surface area contributed by atoms with E-state index in [1.54, 1.807) is 0 Å². The quantitative estimate of drug-likeness (QED) is 0.0261. The monoisotopic (exact) mass is 1010 g/mol. The second-order valence-corrected chi connectivity index (χ2v) is 22.0. The molecule has 0 amide bonds. The molecule has 1 atom stereocenters. The van der Waals surface area contributed by atoms with Crippen molar-refractivity contribution in [2.24, 2.45) is 0 Å². The Morgan fingerprint density at radius 1 is 0.278 bits per heavy atom. The van der Waals surface area contributed by atoms with E-state index in [0.29, 0.717) is 19.3 Å². The topological polar surface area (TPSA) is 78.9 Å². The van der Waals surface area contributed by atoms with Crippen molar-refractivity contribution in [1.82, 2.24) is 0 Å². The maximum absolute atomic E-state index is 12.8. The summed E-state index contributed by atoms with van der Waals surface area (Å²) in [5.74, 6) is -0.857. The summed E-state index contributed by atoms with van der Waals surface area (Å²) in [4.78, 5) is 37.8. The highest BCUT2D eigenvalue weighted by Crippen LogP contribution is 2.18. The minimum absolute atomic E-state index is 0.0648. The summed E-state index contributed by atoms with van der Waals surface area (Å²) in [7, 11) is 0. The second-order valence-electron chi connectivity index (χ2n) is 22.0. The molecule has 0 aliphatic heterocycles. The molecule has 0 aromatic rings. The number of ether oxygens (including phenoxy) is 3. The molecular weight excluding hydrogens is 889 g/mol. The lowest BCUT2D eigenvalue weighted by Crippen LogP contribution is -2.30. The molecule has 0 heterocycles. The number of allylic oxidation sites excluding steroid dienone is 4. The molecule has 0 saturated heterocycles. The number of esters is 3. The normalized spacial score (nSPS) is 12.1. The highest BCUT2D eigenvalue weighted by molar-refractivity contribution is 5.71. The van der Waals surface area contributed by atoms with E-state index < -0.39 is 6.10 Å². The number of hydrogen-bond acceptors (Lipinski definition) is 6. The molecule has 0 N–H and O–H groups in total. The molecule has 6 nitrogen and oxygen atoms in total. The number of hydrogen-bond donors (Lipinski definition) is 0. The Bertz CT molecular complexity index is 1160. The molecule has 0 saturated carbocycles. The molecule has 0 rings (SSSR count). The van der Waals surface area contributed by atoms with Crippen LogP contribution in [0.3, 0.4) is 0 Å². The molecule has 1 unspecified atom stereocenters. The van der Waals surface area contributed by atoms with Gasteiger partial charge in [-0.05, 0) is 51.4 Å². The highest BCUT2D eigenvalue weighted by Gasteiger charge is 2.19. The lowest BCUT2D eigenvalue weighted by Gasteiger charge is -2.18. The Kier molecular flexibility index (Phi) is 59.6. The number of rotatable bonds is 60. The molecule has 0 radical (unpaired) electrons. The zero-order valence-electron chi connectivity index (χ0n) is 48.7. The van der Waals surface area contributed by atoms with E-state index >= 15 is 0 Å². The number of carbonyl (C=O) groups excluding carboxylic acids is 3. The molecule has 424 valence electrons. The van der Waals surface area contributed by atoms with Crippen LogP contribution in [0.2, 0.25) is 0 Å². The van der Waals surface area contributed by atoms with Crippen LogP contribution >= 0.6 is 0 Å². The van der Waals surface area contributed by atoms with Gasteiger partial charge in [-0.3, -0.25) is 14.4 Å². The average Bonchev–Trinajstić information content (AvgIpc) is 3.38. The van der Waals surface area contributed by atoms with E-state index in [4.69, 9.17) is 14.2 Å². The Balaban J connectivity index is 3.82. The molecule has 0 fully saturated rings. The second kappa shape index (κ2) is 61.4. The van der Waals surface area contributed by atoms with Crippen molar-refractivity contribution >= 4 is 17.9 Å². The lowest BCUT2D eigenvalue weighted by molar-refractivity contribution is -0.167. The van der Waals surface area contributed by atoms with Crippen LogP contribution in [-0.4, -0.2) is 37.2 Å². The van der Waals surface area contributed by atoms with Crippen LogP contribution in [0.4, 0.5) is 0 Å². The average molecular weight is 1010 g/mol. The smallest absolute Gasteiger partial charge is 0.306 e. The van der Waals surface area contributed by atoms with Crippen LogP contribution in [-0.2, 0) is 28.6 Å². The SMILES string of the molecule is CCCCCCC/C=C\C/C=C\CCCCCCCCCCCCCCCCCCCCCCCCCC(=O)OCC(COC(=O)CCCCCCC)OC(=O)CCCCCCCCCCCCCCCC. The fraction of sp³-hybridized carbons (Fsp3) is 0.894. The summed E-state index contributed by atoms with van der Waals surface area (Å²) in [5, 5.41) is 0. The molecule has 0 aliphatic carbocycles. The maximum Gasteiger partial charge on any atom is 0.306 e. The van der Waals surface area contributed by atoms with Crippen LogP contribution in [0.15, 0.2) is 24.3 Å². The Hall–Kier alpha value is -2.11. The van der Waals surface area contributed by atoms with Crippen LogP contribution in [0, 0.1) is 0 Å². The summed E-state index contributed by atoms with van der Waals surface area (Å²) >= 11 is 0. The molecule has 0 aromatic carbocycles. The Morgan fingerprint density at radius 3 is 0.764 bits per heavy atom. The molecule has 6 heteroatoms. The number of carbonyl (C=O) groups is 3. The van der Waals surface area contributed by atoms with Gasteiger partial charge in [0.2, 0.25) is 0 Å². The van der Waals surface area contributed by atoms with Crippen molar-refractivity contribution in [2.45, 2.75) is 367 Å². The molecule has 0 spiro atoms. The van der Waals surface area contributed by atoms with Gasteiger partial charge in [-0.25, -0.2) is 0 Å². The zero-order valence-corrected chi connectivity index (χ0v) is 48.7. The van der Waals surface area contributed by atoms with Gasteiger partial charge in [0, 0.05) is 19.3 Å². The van der Waals surface area contributed by atoms with E-state index in [0.717, 1.165) is 70.6 Å². The van der Waals surface area contributed by atoms with Gasteiger partial charge in [0.1, 0.15) is 13.2 Å². The van der Waals surface area contributed by atoms with Crippen molar-refractivity contribution in [3.8, 4) is 0 Å². The fourth-order valence-corrected chi connectivity index (χ4v) is 9.83. The third-order valence-electron chi connectivity index (χ3n) is 14.7. The van der Waals surface area contributed by atoms with E-state index in [2.05, 4.69) is 45.1 Å². The van der Waals surface area contributed by atoms with Gasteiger partial charge in [-0.1, -0.05) is 315 Å². The first-order valence-electron chi connectivity index (χ1n) is 32.3. The third-order valence-corrected chi connectivity index (χ3v) is 14.7. The maximum atomic E-state index is 12.8. The van der Waals surface area contributed by atoms with E-state index in [9.17, 15) is 14.4 Å². The van der Waals surface area contributed by atoms with Crippen molar-refractivity contribution < 1.29 is 28.6 Å². The van der Waals surface area contributed by atoms with Gasteiger partial charge in [0.15, 0.2) is 6.10 Å². The van der Waals surface area contributed by atoms with Crippen molar-refractivity contribution in [2.75, 3.05) is 13.2 Å². The molecule has 0 aromatic heterocycles. The third kappa shape index (κ3) is 58.8. The largest absolute Gasteiger partial charge is 0.462 e. The summed E-state index contributed by atoms with van der Waals surface area (Å²) in [6.07, 6.45) is 74.1. The minimum Gasteiger partial charge on any atom is -0.462 e. The van der Waals surface area contributed by atoms with Gasteiger partial charge in [-0.2, -0.15) is 0 Å². The first-order chi connectivity index (χ1) is 35.5. The van der Waals surface area contributed by atoms with Crippen LogP contribution < -0.4 is 0 Å². The summed E-state index contributed by atoms with van der Waals surface area (Å²) < 4.78 is 16.7. The van der Waals surface area contributed by atoms with E-state index in [-0.39, 0.29) is 31.1 Å². The Labute approximate surface area is 449 Å². The lowest BCUT2D eigenvalue weighted by atomic mass is 10.0. The molecule has 72 heavy (non-hydrogen) atoms. The van der Waals surface area contributed by atoms with Crippen molar-refractivity contribution in [1.29, 1.82) is 0 Å². The summed E-state index contributed by atoms with van der Waals surface area (Å²) in [6.45, 7) is 6.60. The molecule has 0 bridgehead atoms. The first kappa shape index (κ1) is 69.9. The fourth-order valence-electron chi connectivity index (χ4n) is 9.83. The summed E-state index contributed by atoms with van der Waals surface area (Å²) in [5.41, 5.74) is 0. The Morgan fingerprint density at radius 2 is 0.500 bits per heavy atom. The van der Waals surface area contributed by atoms with Crippen LogP contribution in [0.1, 0.15) is 361 Å². The predicted molar refractivity (Wildman–Crippen MR) is 312 cm³/mol. The van der Waals surface area contributed by atoms with Gasteiger partial charge < -0.3 is 14.2 Å². The standard InChI is InChI=1S/C66H124O6/c1-4-7-10-13-15-17-19-21-23-24-25-26-27-28-29-30-31-32-33-34-35-36-37-38-39-40-41-42-43-45-46-48-50-53-56-59-65(68)71-62-63(61-70-64(67)58-55-52-12-9-6-3)72-66(69)60-57-54-51-49-47-44-22-20-18-16-14-11-8-5-2/h19,21,24-25,63H,4-18,20,22-23,26-62H2,1-3H3/b21-19-,25-24-. The van der Waals surface area contributed by atoms with Gasteiger partial charge in [-0.15, -0.1) is 0 Å². The van der Waals surface area contributed by atoms with Gasteiger partial charge in [0.25, 0.3) is 0 Å². The van der Waals surface area contributed by atoms with Gasteiger partial charge >= 0.3 is 17.9 Å². The first-order valence-corrected chi connectivity index (χ1v) is 32.3. The van der Waals surface area contributed by atoms with Crippen LogP contribution in [0.25, 0.3) is 0 Å². The van der Waals surface area contributed by atoms with Crippen molar-refractivity contribution in [3.63, 3.8) is 0 Å². The molecular formula is C66H124O6. The highest BCUT2D eigenvalue weighted by atomic mass is 16.6. The minimum atomic E-state index is -0.761. The van der Waals surface area contributed by atoms with E-state index in [1.165, 1.54) is 250 Å². The van der Waals surface area contributed by atoms with Gasteiger partial charge in [0.05, 0.1) is 0 Å².